The van der Waals surface area contributed by atoms with E-state index in [0.717, 1.165) is 22.3 Å². The monoisotopic (exact) mass is 457 g/mol. The quantitative estimate of drug-likeness (QED) is 0.230. The number of allylic oxidation sites excluding steroid dienone is 1. The Labute approximate surface area is 206 Å². The summed E-state index contributed by atoms with van der Waals surface area (Å²) in [5.74, 6) is -0.417. The second-order valence-electron chi connectivity index (χ2n) is 8.89. The van der Waals surface area contributed by atoms with E-state index in [1.165, 1.54) is 47.6 Å². The van der Waals surface area contributed by atoms with E-state index in [0.29, 0.717) is 5.92 Å². The summed E-state index contributed by atoms with van der Waals surface area (Å²) in [4.78, 5) is 15.1. The summed E-state index contributed by atoms with van der Waals surface area (Å²) in [5, 5.41) is 8.97. The number of aromatic nitrogens is 1. The predicted molar refractivity (Wildman–Crippen MR) is 142 cm³/mol. The van der Waals surface area contributed by atoms with Crippen LogP contribution in [0.25, 0.3) is 28.3 Å². The van der Waals surface area contributed by atoms with Crippen molar-refractivity contribution in [3.63, 3.8) is 0 Å². The van der Waals surface area contributed by atoms with Gasteiger partial charge in [-0.15, -0.1) is 0 Å². The Morgan fingerprint density at radius 3 is 1.91 bits per heavy atom. The van der Waals surface area contributed by atoms with Gasteiger partial charge in [0.25, 0.3) is 0 Å². The number of hydrogen-bond acceptors (Lipinski definition) is 2. The fourth-order valence-electron chi connectivity index (χ4n) is 4.68. The molecule has 0 amide bonds. The molecule has 1 aromatic heterocycles. The highest BCUT2D eigenvalue weighted by atomic mass is 16.4. The van der Waals surface area contributed by atoms with Crippen molar-refractivity contribution < 1.29 is 9.90 Å². The molecule has 1 aliphatic rings. The van der Waals surface area contributed by atoms with Crippen molar-refractivity contribution in [2.75, 3.05) is 0 Å². The zero-order chi connectivity index (χ0) is 24.0. The molecule has 0 saturated heterocycles. The number of hydrogen-bond donors (Lipinski definition) is 1. The van der Waals surface area contributed by atoms with Gasteiger partial charge in [-0.2, -0.15) is 0 Å². The third kappa shape index (κ3) is 5.15. The van der Waals surface area contributed by atoms with E-state index in [9.17, 15) is 4.79 Å². The summed E-state index contributed by atoms with van der Waals surface area (Å²) in [5.41, 5.74) is 9.40. The van der Waals surface area contributed by atoms with Crippen LogP contribution in [-0.4, -0.2) is 16.1 Å². The smallest absolute Gasteiger partial charge is 0.328 e. The summed E-state index contributed by atoms with van der Waals surface area (Å²) < 4.78 is 0. The number of pyridine rings is 1. The van der Waals surface area contributed by atoms with Gasteiger partial charge in [-0.05, 0) is 81.5 Å². The minimum atomic E-state index is -0.944. The van der Waals surface area contributed by atoms with E-state index in [2.05, 4.69) is 71.7 Å². The summed E-state index contributed by atoms with van der Waals surface area (Å²) in [6.45, 7) is 0. The molecule has 35 heavy (non-hydrogen) atoms. The van der Waals surface area contributed by atoms with Crippen molar-refractivity contribution >= 4 is 23.2 Å². The highest BCUT2D eigenvalue weighted by Gasteiger charge is 2.27. The number of nitrogens with zero attached hydrogens (tertiary/aromatic N) is 1. The third-order valence-corrected chi connectivity index (χ3v) is 6.67. The van der Waals surface area contributed by atoms with Crippen LogP contribution in [0, 0.1) is 5.92 Å². The Morgan fingerprint density at radius 2 is 1.34 bits per heavy atom. The SMILES string of the molecule is O=C(O)C=Cc1ccc(C(=C(c2ccccc2)C2CCC2)c2ccc(-c3ccncc3)cc2)cc1. The molecule has 172 valence electrons. The van der Waals surface area contributed by atoms with Crippen molar-refractivity contribution in [1.82, 2.24) is 4.98 Å². The lowest BCUT2D eigenvalue weighted by Crippen LogP contribution is -2.15. The van der Waals surface area contributed by atoms with Crippen molar-refractivity contribution in [3.05, 3.63) is 132 Å². The fourth-order valence-corrected chi connectivity index (χ4v) is 4.68. The van der Waals surface area contributed by atoms with Crippen LogP contribution < -0.4 is 0 Å². The molecule has 1 heterocycles. The molecule has 1 fully saturated rings. The Bertz CT molecular complexity index is 1350. The molecule has 0 radical (unpaired) electrons. The first-order valence-electron chi connectivity index (χ1n) is 12.0. The molecule has 0 aliphatic heterocycles. The highest BCUT2D eigenvalue weighted by molar-refractivity contribution is 6.00. The van der Waals surface area contributed by atoms with E-state index in [1.54, 1.807) is 6.08 Å². The summed E-state index contributed by atoms with van der Waals surface area (Å²) in [7, 11) is 0. The van der Waals surface area contributed by atoms with Gasteiger partial charge in [-0.1, -0.05) is 85.3 Å². The average Bonchev–Trinajstić information content (AvgIpc) is 2.88. The lowest BCUT2D eigenvalue weighted by Gasteiger charge is -2.31. The minimum absolute atomic E-state index is 0.527. The number of benzene rings is 3. The van der Waals surface area contributed by atoms with Crippen LogP contribution in [0.3, 0.4) is 0 Å². The molecule has 0 bridgehead atoms. The van der Waals surface area contributed by atoms with Crippen LogP contribution in [0.2, 0.25) is 0 Å². The fraction of sp³-hybridized carbons (Fsp3) is 0.125. The molecule has 3 nitrogen and oxygen atoms in total. The van der Waals surface area contributed by atoms with Gasteiger partial charge < -0.3 is 5.11 Å². The largest absolute Gasteiger partial charge is 0.478 e. The molecule has 5 rings (SSSR count). The zero-order valence-corrected chi connectivity index (χ0v) is 19.5. The Hall–Kier alpha value is -4.24. The van der Waals surface area contributed by atoms with Crippen molar-refractivity contribution in [1.29, 1.82) is 0 Å². The number of carboxylic acid groups (broad SMARTS) is 1. The molecule has 0 spiro atoms. The first-order valence-corrected chi connectivity index (χ1v) is 12.0. The van der Waals surface area contributed by atoms with Crippen molar-refractivity contribution in [3.8, 4) is 11.1 Å². The van der Waals surface area contributed by atoms with Crippen LogP contribution >= 0.6 is 0 Å². The topological polar surface area (TPSA) is 50.2 Å². The van der Waals surface area contributed by atoms with Gasteiger partial charge >= 0.3 is 5.97 Å². The molecule has 4 aromatic rings. The maximum Gasteiger partial charge on any atom is 0.328 e. The molecule has 0 unspecified atom stereocenters. The molecule has 1 aliphatic carbocycles. The second kappa shape index (κ2) is 10.4. The lowest BCUT2D eigenvalue weighted by atomic mass is 9.73. The zero-order valence-electron chi connectivity index (χ0n) is 19.5. The standard InChI is InChI=1S/C32H27NO2/c34-30(35)18-11-23-9-12-28(13-10-23)32(31(27-7-4-8-27)26-5-2-1-3-6-26)29-16-14-24(15-17-29)25-19-21-33-22-20-25/h1-3,5-6,9-22,27H,4,7-8H2,(H,34,35). The summed E-state index contributed by atoms with van der Waals surface area (Å²) >= 11 is 0. The number of aliphatic carboxylic acids is 1. The Balaban J connectivity index is 1.64. The van der Waals surface area contributed by atoms with Crippen LogP contribution in [-0.2, 0) is 4.79 Å². The second-order valence-corrected chi connectivity index (χ2v) is 8.89. The van der Waals surface area contributed by atoms with Gasteiger partial charge in [0.2, 0.25) is 0 Å². The van der Waals surface area contributed by atoms with E-state index in [1.807, 2.05) is 36.7 Å². The van der Waals surface area contributed by atoms with E-state index in [-0.39, 0.29) is 0 Å². The van der Waals surface area contributed by atoms with Crippen LogP contribution in [0.5, 0.6) is 0 Å². The Morgan fingerprint density at radius 1 is 0.743 bits per heavy atom. The molecule has 1 N–H and O–H groups in total. The van der Waals surface area contributed by atoms with Crippen molar-refractivity contribution in [2.24, 2.45) is 5.92 Å². The lowest BCUT2D eigenvalue weighted by molar-refractivity contribution is -0.131. The normalized spacial score (nSPS) is 14.4. The summed E-state index contributed by atoms with van der Waals surface area (Å²) in [6, 6.07) is 31.7. The van der Waals surface area contributed by atoms with E-state index < -0.39 is 5.97 Å². The molecule has 3 aromatic carbocycles. The van der Waals surface area contributed by atoms with Gasteiger partial charge in [0, 0.05) is 18.5 Å². The molecule has 1 saturated carbocycles. The molecule has 0 atom stereocenters. The van der Waals surface area contributed by atoms with E-state index in [4.69, 9.17) is 5.11 Å². The number of carboxylic acids is 1. The van der Waals surface area contributed by atoms with Gasteiger partial charge in [0.05, 0.1) is 0 Å². The maximum atomic E-state index is 10.9. The first-order chi connectivity index (χ1) is 17.2. The van der Waals surface area contributed by atoms with Crippen LogP contribution in [0.1, 0.15) is 41.5 Å². The van der Waals surface area contributed by atoms with Crippen LogP contribution in [0.4, 0.5) is 0 Å². The third-order valence-electron chi connectivity index (χ3n) is 6.67. The Kier molecular flexibility index (Phi) is 6.67. The number of carbonyl (C=O) groups is 1. The molecular formula is C32H27NO2. The number of rotatable bonds is 7. The average molecular weight is 458 g/mol. The van der Waals surface area contributed by atoms with Gasteiger partial charge in [-0.25, -0.2) is 4.79 Å². The van der Waals surface area contributed by atoms with Crippen LogP contribution in [0.15, 0.2) is 109 Å². The van der Waals surface area contributed by atoms with Gasteiger partial charge in [-0.3, -0.25) is 4.98 Å². The van der Waals surface area contributed by atoms with Gasteiger partial charge in [0.15, 0.2) is 0 Å². The van der Waals surface area contributed by atoms with Crippen molar-refractivity contribution in [2.45, 2.75) is 19.3 Å². The highest BCUT2D eigenvalue weighted by Crippen LogP contribution is 2.45. The predicted octanol–water partition coefficient (Wildman–Crippen LogP) is 7.61. The summed E-state index contributed by atoms with van der Waals surface area (Å²) in [6.07, 6.45) is 10.1. The minimum Gasteiger partial charge on any atom is -0.478 e. The van der Waals surface area contributed by atoms with E-state index >= 15 is 0 Å². The maximum absolute atomic E-state index is 10.9. The molecular weight excluding hydrogens is 430 g/mol. The first kappa shape index (κ1) is 22.5. The van der Waals surface area contributed by atoms with Gasteiger partial charge in [0.1, 0.15) is 0 Å². The molecule has 3 heteroatoms.